The van der Waals surface area contributed by atoms with Crippen LogP contribution in [0.2, 0.25) is 0 Å². The van der Waals surface area contributed by atoms with Gasteiger partial charge in [0.15, 0.2) is 0 Å². The van der Waals surface area contributed by atoms with Crippen molar-refractivity contribution in [2.75, 3.05) is 6.61 Å². The van der Waals surface area contributed by atoms with Gasteiger partial charge in [-0.05, 0) is 55.5 Å². The molecule has 0 aliphatic rings. The minimum absolute atomic E-state index is 0.199. The van der Waals surface area contributed by atoms with E-state index in [1.54, 1.807) is 13.0 Å². The number of benzene rings is 2. The van der Waals surface area contributed by atoms with Crippen LogP contribution in [0.15, 0.2) is 54.6 Å². The van der Waals surface area contributed by atoms with E-state index in [0.717, 1.165) is 12.1 Å². The molecule has 1 aromatic heterocycles. The second kappa shape index (κ2) is 7.26. The highest BCUT2D eigenvalue weighted by Gasteiger charge is 2.30. The van der Waals surface area contributed by atoms with E-state index in [-0.39, 0.29) is 12.3 Å². The Morgan fingerprint density at radius 3 is 2.63 bits per heavy atom. The summed E-state index contributed by atoms with van der Waals surface area (Å²) in [5.74, 6) is -1.05. The molecule has 3 aromatic rings. The number of hydrogen-bond donors (Lipinski definition) is 0. The van der Waals surface area contributed by atoms with Crippen LogP contribution in [0, 0.1) is 5.82 Å². The van der Waals surface area contributed by atoms with Crippen molar-refractivity contribution < 1.29 is 27.1 Å². The normalized spacial score (nSPS) is 12.0. The Bertz CT molecular complexity index is 1020. The summed E-state index contributed by atoms with van der Waals surface area (Å²) in [6.45, 7) is 1.86. The first-order chi connectivity index (χ1) is 12.8. The van der Waals surface area contributed by atoms with Crippen LogP contribution in [0.1, 0.15) is 18.2 Å². The lowest BCUT2D eigenvalue weighted by Gasteiger charge is -2.12. The average Bonchev–Trinajstić information content (AvgIpc) is 2.97. The Morgan fingerprint density at radius 1 is 1.15 bits per heavy atom. The number of carbonyl (C=O) groups is 1. The molecule has 1 heterocycles. The molecule has 0 aliphatic heterocycles. The van der Waals surface area contributed by atoms with Crippen LogP contribution in [0.4, 0.5) is 17.6 Å². The van der Waals surface area contributed by atoms with Gasteiger partial charge in [-0.1, -0.05) is 6.07 Å². The highest BCUT2D eigenvalue weighted by atomic mass is 19.4. The van der Waals surface area contributed by atoms with Gasteiger partial charge in [-0.15, -0.1) is 0 Å². The summed E-state index contributed by atoms with van der Waals surface area (Å²) < 4.78 is 59.2. The second-order valence-corrected chi connectivity index (χ2v) is 5.74. The maximum absolute atomic E-state index is 13.6. The summed E-state index contributed by atoms with van der Waals surface area (Å²) in [5.41, 5.74) is 0.376. The van der Waals surface area contributed by atoms with Crippen LogP contribution in [0.3, 0.4) is 0 Å². The van der Waals surface area contributed by atoms with Crippen LogP contribution in [0.5, 0.6) is 0 Å². The van der Waals surface area contributed by atoms with Crippen molar-refractivity contribution in [3.8, 4) is 5.69 Å². The lowest BCUT2D eigenvalue weighted by Crippen LogP contribution is -2.06. The molecule has 0 atom stereocenters. The third kappa shape index (κ3) is 4.02. The summed E-state index contributed by atoms with van der Waals surface area (Å²) in [6, 6.07) is 10.4. The number of esters is 1. The van der Waals surface area contributed by atoms with E-state index in [2.05, 4.69) is 0 Å². The van der Waals surface area contributed by atoms with Crippen LogP contribution in [-0.2, 0) is 15.7 Å². The summed E-state index contributed by atoms with van der Waals surface area (Å²) in [5, 5.41) is 0.496. The number of aromatic nitrogens is 1. The van der Waals surface area contributed by atoms with E-state index in [4.69, 9.17) is 4.74 Å². The molecule has 0 aliphatic carbocycles. The van der Waals surface area contributed by atoms with Crippen molar-refractivity contribution in [1.82, 2.24) is 4.57 Å². The largest absolute Gasteiger partial charge is 0.463 e. The molecule has 0 bridgehead atoms. The Balaban J connectivity index is 2.18. The number of nitrogens with zero attached hydrogens (tertiary/aromatic N) is 1. The van der Waals surface area contributed by atoms with Gasteiger partial charge in [-0.3, -0.25) is 0 Å². The fraction of sp³-hybridized carbons (Fsp3) is 0.150. The van der Waals surface area contributed by atoms with Gasteiger partial charge >= 0.3 is 12.1 Å². The lowest BCUT2D eigenvalue weighted by molar-refractivity contribution is -0.138. The molecule has 0 amide bonds. The van der Waals surface area contributed by atoms with Gasteiger partial charge in [0, 0.05) is 22.8 Å². The molecule has 140 valence electrons. The quantitative estimate of drug-likeness (QED) is 0.348. The number of hydrogen-bond acceptors (Lipinski definition) is 2. The molecule has 0 fully saturated rings. The first-order valence-electron chi connectivity index (χ1n) is 8.13. The van der Waals surface area contributed by atoms with Gasteiger partial charge < -0.3 is 9.30 Å². The van der Waals surface area contributed by atoms with Gasteiger partial charge in [0.05, 0.1) is 17.7 Å². The van der Waals surface area contributed by atoms with Gasteiger partial charge in [0.1, 0.15) is 5.82 Å². The zero-order valence-electron chi connectivity index (χ0n) is 14.3. The van der Waals surface area contributed by atoms with Crippen molar-refractivity contribution in [3.63, 3.8) is 0 Å². The van der Waals surface area contributed by atoms with Crippen molar-refractivity contribution in [3.05, 3.63) is 71.7 Å². The van der Waals surface area contributed by atoms with Crippen LogP contribution >= 0.6 is 0 Å². The molecule has 0 saturated heterocycles. The third-order valence-corrected chi connectivity index (χ3v) is 3.90. The number of carbonyl (C=O) groups excluding carboxylic acids is 1. The minimum atomic E-state index is -4.49. The Hall–Kier alpha value is -3.09. The number of ether oxygens (including phenoxy) is 1. The van der Waals surface area contributed by atoms with Crippen molar-refractivity contribution in [2.24, 2.45) is 0 Å². The minimum Gasteiger partial charge on any atom is -0.463 e. The maximum atomic E-state index is 13.6. The summed E-state index contributed by atoms with van der Waals surface area (Å²) in [7, 11) is 0. The zero-order chi connectivity index (χ0) is 19.6. The number of halogens is 4. The molecular formula is C20H15F4NO2. The highest BCUT2D eigenvalue weighted by molar-refractivity contribution is 5.90. The van der Waals surface area contributed by atoms with E-state index in [9.17, 15) is 22.4 Å². The molecule has 0 spiro atoms. The van der Waals surface area contributed by atoms with Crippen molar-refractivity contribution in [1.29, 1.82) is 0 Å². The number of fused-ring (bicyclic) bond motifs is 1. The molecule has 2 aromatic carbocycles. The predicted molar refractivity (Wildman–Crippen MR) is 93.9 cm³/mol. The average molecular weight is 377 g/mol. The Morgan fingerprint density at radius 2 is 1.93 bits per heavy atom. The van der Waals surface area contributed by atoms with Crippen LogP contribution in [0.25, 0.3) is 22.7 Å². The molecule has 0 unspecified atom stereocenters. The molecular weight excluding hydrogens is 362 g/mol. The maximum Gasteiger partial charge on any atom is 0.416 e. The van der Waals surface area contributed by atoms with Gasteiger partial charge in [0.25, 0.3) is 0 Å². The summed E-state index contributed by atoms with van der Waals surface area (Å²) >= 11 is 0. The molecule has 3 nitrogen and oxygen atoms in total. The summed E-state index contributed by atoms with van der Waals surface area (Å²) in [6.07, 6.45) is -1.89. The predicted octanol–water partition coefficient (Wildman–Crippen LogP) is 5.36. The zero-order valence-corrected chi connectivity index (χ0v) is 14.3. The lowest BCUT2D eigenvalue weighted by atomic mass is 10.2. The fourth-order valence-electron chi connectivity index (χ4n) is 2.78. The van der Waals surface area contributed by atoms with E-state index in [1.165, 1.54) is 47.1 Å². The fourth-order valence-corrected chi connectivity index (χ4v) is 2.78. The van der Waals surface area contributed by atoms with Crippen LogP contribution in [-0.4, -0.2) is 17.1 Å². The molecule has 0 saturated carbocycles. The Labute approximate surface area is 152 Å². The molecule has 27 heavy (non-hydrogen) atoms. The highest BCUT2D eigenvalue weighted by Crippen LogP contribution is 2.32. The number of alkyl halides is 3. The van der Waals surface area contributed by atoms with Gasteiger partial charge in [-0.2, -0.15) is 13.2 Å². The topological polar surface area (TPSA) is 31.2 Å². The van der Waals surface area contributed by atoms with E-state index in [0.29, 0.717) is 16.6 Å². The second-order valence-electron chi connectivity index (χ2n) is 5.74. The number of rotatable bonds is 4. The molecule has 3 rings (SSSR count). The van der Waals surface area contributed by atoms with Crippen molar-refractivity contribution in [2.45, 2.75) is 13.1 Å². The first-order valence-corrected chi connectivity index (χ1v) is 8.13. The Kier molecular flexibility index (Phi) is 5.03. The summed E-state index contributed by atoms with van der Waals surface area (Å²) in [4.78, 5) is 11.6. The molecule has 7 heteroatoms. The van der Waals surface area contributed by atoms with Crippen molar-refractivity contribution >= 4 is 22.9 Å². The molecule has 0 radical (unpaired) electrons. The van der Waals surface area contributed by atoms with E-state index in [1.807, 2.05) is 0 Å². The standard InChI is InChI=1S/C20H15F4NO2/c1-2-27-19(26)9-7-17-11-13-10-15(21)6-8-18(13)25(17)16-5-3-4-14(12-16)20(22,23)24/h3-12H,2H2,1H3/b9-7+. The third-order valence-electron chi connectivity index (χ3n) is 3.90. The smallest absolute Gasteiger partial charge is 0.416 e. The van der Waals surface area contributed by atoms with Gasteiger partial charge in [0.2, 0.25) is 0 Å². The van der Waals surface area contributed by atoms with Crippen LogP contribution < -0.4 is 0 Å². The monoisotopic (exact) mass is 377 g/mol. The van der Waals surface area contributed by atoms with E-state index >= 15 is 0 Å². The SMILES string of the molecule is CCOC(=O)/C=C/c1cc2cc(F)ccc2n1-c1cccc(C(F)(F)F)c1. The first kappa shape index (κ1) is 18.7. The van der Waals surface area contributed by atoms with E-state index < -0.39 is 23.5 Å². The molecule has 0 N–H and O–H groups in total. The van der Waals surface area contributed by atoms with Gasteiger partial charge in [-0.25, -0.2) is 9.18 Å².